The smallest absolute Gasteiger partial charge is 0.128 e. The second-order valence-electron chi connectivity index (χ2n) is 5.02. The lowest BCUT2D eigenvalue weighted by Crippen LogP contribution is -2.12. The molecular formula is C14H18O2. The second kappa shape index (κ2) is 3.49. The third-order valence-corrected chi connectivity index (χ3v) is 3.91. The van der Waals surface area contributed by atoms with Crippen molar-refractivity contribution >= 4 is 0 Å². The molecule has 1 fully saturated rings. The summed E-state index contributed by atoms with van der Waals surface area (Å²) in [4.78, 5) is 0. The quantitative estimate of drug-likeness (QED) is 0.826. The topological polar surface area (TPSA) is 29.5 Å². The highest BCUT2D eigenvalue weighted by atomic mass is 16.5. The van der Waals surface area contributed by atoms with Crippen LogP contribution >= 0.6 is 0 Å². The monoisotopic (exact) mass is 218 g/mol. The van der Waals surface area contributed by atoms with Gasteiger partial charge in [0.05, 0.1) is 12.7 Å². The van der Waals surface area contributed by atoms with Crippen molar-refractivity contribution in [2.45, 2.75) is 44.1 Å². The third kappa shape index (κ3) is 1.44. The molecule has 0 heterocycles. The molecule has 0 unspecified atom stereocenters. The predicted molar refractivity (Wildman–Crippen MR) is 62.8 cm³/mol. The van der Waals surface area contributed by atoms with Crippen LogP contribution in [0.3, 0.4) is 0 Å². The first kappa shape index (κ1) is 10.2. The Morgan fingerprint density at radius 2 is 1.94 bits per heavy atom. The van der Waals surface area contributed by atoms with Gasteiger partial charge in [-0.15, -0.1) is 0 Å². The summed E-state index contributed by atoms with van der Waals surface area (Å²) in [7, 11) is 1.72. The summed E-state index contributed by atoms with van der Waals surface area (Å²) in [5.74, 6) is 0.956. The summed E-state index contributed by atoms with van der Waals surface area (Å²) in [5.41, 5.74) is 3.18. The van der Waals surface area contributed by atoms with Crippen molar-refractivity contribution in [3.8, 4) is 5.75 Å². The summed E-state index contributed by atoms with van der Waals surface area (Å²) in [6.07, 6.45) is 6.53. The number of benzene rings is 1. The first-order valence-electron chi connectivity index (χ1n) is 6.16. The van der Waals surface area contributed by atoms with Gasteiger partial charge in [-0.05, 0) is 49.7 Å². The zero-order valence-corrected chi connectivity index (χ0v) is 9.75. The normalized spacial score (nSPS) is 21.4. The average Bonchev–Trinajstić information content (AvgIpc) is 3.07. The van der Waals surface area contributed by atoms with Crippen molar-refractivity contribution in [3.63, 3.8) is 0 Å². The Labute approximate surface area is 96.2 Å². The number of aliphatic hydroxyl groups is 1. The predicted octanol–water partition coefficient (Wildman–Crippen LogP) is 2.56. The van der Waals surface area contributed by atoms with Crippen LogP contribution < -0.4 is 4.74 Å². The molecule has 0 amide bonds. The molecule has 86 valence electrons. The summed E-state index contributed by atoms with van der Waals surface area (Å²) in [5, 5.41) is 10.2. The number of fused-ring (bicyclic) bond motifs is 1. The fourth-order valence-electron chi connectivity index (χ4n) is 2.78. The molecular weight excluding hydrogens is 200 g/mol. The molecule has 1 N–H and O–H groups in total. The molecule has 0 aliphatic heterocycles. The van der Waals surface area contributed by atoms with E-state index >= 15 is 0 Å². The molecule has 0 spiro atoms. The van der Waals surface area contributed by atoms with E-state index in [0.29, 0.717) is 0 Å². The lowest BCUT2D eigenvalue weighted by Gasteiger charge is -2.23. The molecule has 2 aliphatic carbocycles. The number of aryl methyl sites for hydroxylation is 1. The summed E-state index contributed by atoms with van der Waals surface area (Å²) >= 11 is 0. The van der Waals surface area contributed by atoms with Crippen LogP contribution in [0.4, 0.5) is 0 Å². The zero-order chi connectivity index (χ0) is 11.2. The fraction of sp³-hybridized carbons (Fsp3) is 0.571. The van der Waals surface area contributed by atoms with Gasteiger partial charge in [0.2, 0.25) is 0 Å². The maximum atomic E-state index is 10.2. The SMILES string of the molecule is COc1c(C2(O)CC2)ccc2c1CCCC2. The van der Waals surface area contributed by atoms with Crippen LogP contribution in [0.5, 0.6) is 5.75 Å². The van der Waals surface area contributed by atoms with Crippen LogP contribution in [-0.2, 0) is 18.4 Å². The van der Waals surface area contributed by atoms with E-state index in [1.165, 1.54) is 24.0 Å². The standard InChI is InChI=1S/C14H18O2/c1-16-13-11-5-3-2-4-10(11)6-7-12(13)14(15)8-9-14/h6-7,15H,2-5,8-9H2,1H3. The third-order valence-electron chi connectivity index (χ3n) is 3.91. The van der Waals surface area contributed by atoms with Crippen LogP contribution in [0.15, 0.2) is 12.1 Å². The van der Waals surface area contributed by atoms with Crippen molar-refractivity contribution in [2.75, 3.05) is 7.11 Å². The van der Waals surface area contributed by atoms with Gasteiger partial charge in [0.15, 0.2) is 0 Å². The molecule has 16 heavy (non-hydrogen) atoms. The van der Waals surface area contributed by atoms with Crippen molar-refractivity contribution in [3.05, 3.63) is 28.8 Å². The second-order valence-corrected chi connectivity index (χ2v) is 5.02. The van der Waals surface area contributed by atoms with E-state index < -0.39 is 5.60 Å². The van der Waals surface area contributed by atoms with Gasteiger partial charge in [-0.3, -0.25) is 0 Å². The molecule has 0 saturated heterocycles. The largest absolute Gasteiger partial charge is 0.496 e. The molecule has 2 heteroatoms. The van der Waals surface area contributed by atoms with E-state index in [0.717, 1.165) is 37.0 Å². The Morgan fingerprint density at radius 1 is 1.19 bits per heavy atom. The molecule has 1 aromatic rings. The lowest BCUT2D eigenvalue weighted by molar-refractivity contribution is 0.147. The van der Waals surface area contributed by atoms with Gasteiger partial charge in [0.1, 0.15) is 5.75 Å². The van der Waals surface area contributed by atoms with E-state index in [1.54, 1.807) is 7.11 Å². The summed E-state index contributed by atoms with van der Waals surface area (Å²) in [6.45, 7) is 0. The maximum Gasteiger partial charge on any atom is 0.128 e. The van der Waals surface area contributed by atoms with Crippen LogP contribution in [0.1, 0.15) is 42.4 Å². The molecule has 0 atom stereocenters. The zero-order valence-electron chi connectivity index (χ0n) is 9.75. The highest BCUT2D eigenvalue weighted by Crippen LogP contribution is 2.50. The van der Waals surface area contributed by atoms with Crippen LogP contribution in [0.2, 0.25) is 0 Å². The van der Waals surface area contributed by atoms with Crippen molar-refractivity contribution < 1.29 is 9.84 Å². The minimum absolute atomic E-state index is 0.585. The summed E-state index contributed by atoms with van der Waals surface area (Å²) < 4.78 is 5.55. The minimum atomic E-state index is -0.585. The molecule has 0 bridgehead atoms. The van der Waals surface area contributed by atoms with Gasteiger partial charge in [-0.25, -0.2) is 0 Å². The van der Waals surface area contributed by atoms with E-state index in [-0.39, 0.29) is 0 Å². The van der Waals surface area contributed by atoms with Gasteiger partial charge in [-0.1, -0.05) is 12.1 Å². The van der Waals surface area contributed by atoms with Gasteiger partial charge >= 0.3 is 0 Å². The van der Waals surface area contributed by atoms with E-state index in [4.69, 9.17) is 4.74 Å². The minimum Gasteiger partial charge on any atom is -0.496 e. The Kier molecular flexibility index (Phi) is 2.21. The molecule has 1 saturated carbocycles. The molecule has 2 nitrogen and oxygen atoms in total. The highest BCUT2D eigenvalue weighted by Gasteiger charge is 2.44. The van der Waals surface area contributed by atoms with Crippen molar-refractivity contribution in [1.82, 2.24) is 0 Å². The number of hydrogen-bond donors (Lipinski definition) is 1. The van der Waals surface area contributed by atoms with Crippen molar-refractivity contribution in [2.24, 2.45) is 0 Å². The highest BCUT2D eigenvalue weighted by molar-refractivity contribution is 5.51. The Morgan fingerprint density at radius 3 is 2.62 bits per heavy atom. The lowest BCUT2D eigenvalue weighted by atomic mass is 9.88. The van der Waals surface area contributed by atoms with Gasteiger partial charge in [-0.2, -0.15) is 0 Å². The summed E-state index contributed by atoms with van der Waals surface area (Å²) in [6, 6.07) is 4.25. The Hall–Kier alpha value is -1.02. The number of ether oxygens (including phenoxy) is 1. The Balaban J connectivity index is 2.12. The van der Waals surface area contributed by atoms with E-state index in [2.05, 4.69) is 12.1 Å². The molecule has 0 aromatic heterocycles. The average molecular weight is 218 g/mol. The molecule has 2 aliphatic rings. The Bertz CT molecular complexity index is 419. The number of methoxy groups -OCH3 is 1. The number of rotatable bonds is 2. The first-order valence-corrected chi connectivity index (χ1v) is 6.16. The van der Waals surface area contributed by atoms with E-state index in [9.17, 15) is 5.11 Å². The van der Waals surface area contributed by atoms with Crippen LogP contribution in [-0.4, -0.2) is 12.2 Å². The van der Waals surface area contributed by atoms with Crippen LogP contribution in [0, 0.1) is 0 Å². The van der Waals surface area contributed by atoms with Gasteiger partial charge < -0.3 is 9.84 Å². The van der Waals surface area contributed by atoms with Gasteiger partial charge in [0, 0.05) is 5.56 Å². The molecule has 3 rings (SSSR count). The van der Waals surface area contributed by atoms with E-state index in [1.807, 2.05) is 0 Å². The van der Waals surface area contributed by atoms with Crippen LogP contribution in [0.25, 0.3) is 0 Å². The maximum absolute atomic E-state index is 10.2. The number of hydrogen-bond acceptors (Lipinski definition) is 2. The van der Waals surface area contributed by atoms with Gasteiger partial charge in [0.25, 0.3) is 0 Å². The first-order chi connectivity index (χ1) is 7.74. The fourth-order valence-corrected chi connectivity index (χ4v) is 2.78. The van der Waals surface area contributed by atoms with Crippen molar-refractivity contribution in [1.29, 1.82) is 0 Å². The molecule has 0 radical (unpaired) electrons. The molecule has 1 aromatic carbocycles.